The van der Waals surface area contributed by atoms with Crippen molar-refractivity contribution in [1.29, 1.82) is 0 Å². The summed E-state index contributed by atoms with van der Waals surface area (Å²) in [6, 6.07) is 1.84. The van der Waals surface area contributed by atoms with Crippen molar-refractivity contribution in [1.82, 2.24) is 20.7 Å². The predicted molar refractivity (Wildman–Crippen MR) is 100 cm³/mol. The van der Waals surface area contributed by atoms with Crippen LogP contribution in [0.1, 0.15) is 67.6 Å². The van der Waals surface area contributed by atoms with E-state index in [0.717, 1.165) is 51.0 Å². The first-order valence-electron chi connectivity index (χ1n) is 10.4. The maximum atomic E-state index is 12.6. The van der Waals surface area contributed by atoms with Gasteiger partial charge in [-0.1, -0.05) is 12.1 Å². The average Bonchev–Trinajstić information content (AvgIpc) is 3.40. The first-order chi connectivity index (χ1) is 13.1. The van der Waals surface area contributed by atoms with E-state index >= 15 is 0 Å². The van der Waals surface area contributed by atoms with E-state index < -0.39 is 0 Å². The van der Waals surface area contributed by atoms with Crippen LogP contribution in [0.2, 0.25) is 0 Å². The lowest BCUT2D eigenvalue weighted by Gasteiger charge is -2.38. The van der Waals surface area contributed by atoms with Crippen LogP contribution in [-0.4, -0.2) is 54.1 Å². The second-order valence-corrected chi connectivity index (χ2v) is 8.47. The number of nitrogens with zero attached hydrogens (tertiary/aromatic N) is 2. The molecule has 7 heteroatoms. The van der Waals surface area contributed by atoms with Gasteiger partial charge in [-0.3, -0.25) is 9.59 Å². The summed E-state index contributed by atoms with van der Waals surface area (Å²) in [5.74, 6) is 2.12. The van der Waals surface area contributed by atoms with Gasteiger partial charge in [0, 0.05) is 37.5 Å². The van der Waals surface area contributed by atoms with Crippen molar-refractivity contribution in [2.24, 2.45) is 11.8 Å². The summed E-state index contributed by atoms with van der Waals surface area (Å²) < 4.78 is 5.28. The van der Waals surface area contributed by atoms with Gasteiger partial charge in [0.2, 0.25) is 5.91 Å². The van der Waals surface area contributed by atoms with E-state index in [1.807, 2.05) is 4.90 Å². The molecule has 2 amide bonds. The third kappa shape index (κ3) is 4.51. The highest BCUT2D eigenvalue weighted by Gasteiger charge is 2.32. The molecule has 2 aliphatic heterocycles. The molecule has 3 fully saturated rings. The maximum absolute atomic E-state index is 12.6. The Hall–Kier alpha value is -1.89. The fourth-order valence-electron chi connectivity index (χ4n) is 4.25. The van der Waals surface area contributed by atoms with Crippen molar-refractivity contribution in [3.8, 4) is 0 Å². The van der Waals surface area contributed by atoms with Gasteiger partial charge in [0.05, 0.1) is 0 Å². The van der Waals surface area contributed by atoms with Crippen LogP contribution in [-0.2, 0) is 4.79 Å². The molecule has 3 heterocycles. The Morgan fingerprint density at radius 3 is 2.74 bits per heavy atom. The number of amides is 2. The van der Waals surface area contributed by atoms with E-state index in [9.17, 15) is 9.59 Å². The fourth-order valence-corrected chi connectivity index (χ4v) is 4.25. The highest BCUT2D eigenvalue weighted by molar-refractivity contribution is 5.92. The van der Waals surface area contributed by atoms with Gasteiger partial charge >= 0.3 is 0 Å². The SMILES string of the molecule is C[C@@H]1CN(C(=O)CC2CCNCC2)CCC1NC(=O)c1cc(C2CC2)on1. The highest BCUT2D eigenvalue weighted by Crippen LogP contribution is 2.40. The Labute approximate surface area is 160 Å². The normalized spacial score (nSPS) is 26.8. The van der Waals surface area contributed by atoms with Gasteiger partial charge in [-0.25, -0.2) is 0 Å². The topological polar surface area (TPSA) is 87.5 Å². The van der Waals surface area contributed by atoms with Gasteiger partial charge in [-0.15, -0.1) is 0 Å². The highest BCUT2D eigenvalue weighted by atomic mass is 16.5. The Bertz CT molecular complexity index is 679. The standard InChI is InChI=1S/C20H30N4O3/c1-13-12-24(19(25)10-14-4-7-21-8-5-14)9-6-16(13)22-20(26)17-11-18(27-23-17)15-2-3-15/h11,13-16,21H,2-10,12H2,1H3,(H,22,26)/t13-,16?/m1/s1. The number of hydrogen-bond acceptors (Lipinski definition) is 5. The number of likely N-dealkylation sites (tertiary alicyclic amines) is 1. The number of carbonyl (C=O) groups excluding carboxylic acids is 2. The van der Waals surface area contributed by atoms with Crippen LogP contribution < -0.4 is 10.6 Å². The lowest BCUT2D eigenvalue weighted by Crippen LogP contribution is -2.51. The third-order valence-corrected chi connectivity index (χ3v) is 6.24. The second-order valence-electron chi connectivity index (χ2n) is 8.47. The Morgan fingerprint density at radius 1 is 1.26 bits per heavy atom. The minimum atomic E-state index is -0.169. The zero-order valence-electron chi connectivity index (χ0n) is 16.1. The summed E-state index contributed by atoms with van der Waals surface area (Å²) in [5.41, 5.74) is 0.369. The molecule has 1 unspecified atom stereocenters. The van der Waals surface area contributed by atoms with E-state index in [1.54, 1.807) is 6.07 Å². The monoisotopic (exact) mass is 374 g/mol. The molecule has 2 N–H and O–H groups in total. The minimum Gasteiger partial charge on any atom is -0.360 e. The van der Waals surface area contributed by atoms with Crippen LogP contribution in [0.5, 0.6) is 0 Å². The van der Waals surface area contributed by atoms with Gasteiger partial charge in [-0.05, 0) is 57.0 Å². The Morgan fingerprint density at radius 2 is 2.04 bits per heavy atom. The molecule has 7 nitrogen and oxygen atoms in total. The number of piperidine rings is 2. The number of carbonyl (C=O) groups is 2. The number of rotatable bonds is 5. The molecule has 2 atom stereocenters. The van der Waals surface area contributed by atoms with Crippen LogP contribution in [0.25, 0.3) is 0 Å². The molecule has 1 saturated carbocycles. The van der Waals surface area contributed by atoms with Crippen molar-refractivity contribution in [3.05, 3.63) is 17.5 Å². The summed E-state index contributed by atoms with van der Waals surface area (Å²) >= 11 is 0. The first-order valence-corrected chi connectivity index (χ1v) is 10.4. The Balaban J connectivity index is 1.26. The van der Waals surface area contributed by atoms with E-state index in [0.29, 0.717) is 37.0 Å². The third-order valence-electron chi connectivity index (χ3n) is 6.24. The molecule has 0 aromatic carbocycles. The minimum absolute atomic E-state index is 0.0708. The zero-order valence-corrected chi connectivity index (χ0v) is 16.1. The van der Waals surface area contributed by atoms with Gasteiger partial charge in [0.15, 0.2) is 5.69 Å². The maximum Gasteiger partial charge on any atom is 0.273 e. The molecule has 1 aromatic rings. The van der Waals surface area contributed by atoms with Crippen molar-refractivity contribution >= 4 is 11.8 Å². The van der Waals surface area contributed by atoms with Crippen LogP contribution >= 0.6 is 0 Å². The summed E-state index contributed by atoms with van der Waals surface area (Å²) in [6.07, 6.45) is 5.88. The van der Waals surface area contributed by atoms with E-state index in [1.165, 1.54) is 0 Å². The van der Waals surface area contributed by atoms with Crippen molar-refractivity contribution in [2.45, 2.75) is 57.4 Å². The van der Waals surface area contributed by atoms with E-state index in [2.05, 4.69) is 22.7 Å². The van der Waals surface area contributed by atoms with Crippen LogP contribution in [0.15, 0.2) is 10.6 Å². The largest absolute Gasteiger partial charge is 0.360 e. The molecule has 1 aliphatic carbocycles. The molecule has 0 radical (unpaired) electrons. The van der Waals surface area contributed by atoms with Crippen molar-refractivity contribution in [2.75, 3.05) is 26.2 Å². The van der Waals surface area contributed by atoms with Gasteiger partial charge in [0.1, 0.15) is 5.76 Å². The smallest absolute Gasteiger partial charge is 0.273 e. The van der Waals surface area contributed by atoms with E-state index in [4.69, 9.17) is 4.52 Å². The van der Waals surface area contributed by atoms with Crippen molar-refractivity contribution in [3.63, 3.8) is 0 Å². The Kier molecular flexibility index (Phi) is 5.48. The summed E-state index contributed by atoms with van der Waals surface area (Å²) in [7, 11) is 0. The van der Waals surface area contributed by atoms with Crippen LogP contribution in [0.3, 0.4) is 0 Å². The molecule has 148 valence electrons. The molecule has 0 spiro atoms. The molecule has 1 aromatic heterocycles. The number of hydrogen-bond donors (Lipinski definition) is 2. The molecule has 2 saturated heterocycles. The zero-order chi connectivity index (χ0) is 18.8. The van der Waals surface area contributed by atoms with Gasteiger partial charge in [0.25, 0.3) is 5.91 Å². The van der Waals surface area contributed by atoms with Crippen molar-refractivity contribution < 1.29 is 14.1 Å². The predicted octanol–water partition coefficient (Wildman–Crippen LogP) is 1.91. The summed E-state index contributed by atoms with van der Waals surface area (Å²) in [5, 5.41) is 10.4. The van der Waals surface area contributed by atoms with Crippen LogP contribution in [0.4, 0.5) is 0 Å². The van der Waals surface area contributed by atoms with Gasteiger partial charge < -0.3 is 20.1 Å². The molecule has 4 rings (SSSR count). The molecule has 0 bridgehead atoms. The van der Waals surface area contributed by atoms with Crippen LogP contribution in [0, 0.1) is 11.8 Å². The molecule has 3 aliphatic rings. The molecular formula is C20H30N4O3. The fraction of sp³-hybridized carbons (Fsp3) is 0.750. The lowest BCUT2D eigenvalue weighted by atomic mass is 9.91. The quantitative estimate of drug-likeness (QED) is 0.822. The van der Waals surface area contributed by atoms with E-state index in [-0.39, 0.29) is 23.8 Å². The lowest BCUT2D eigenvalue weighted by molar-refractivity contribution is -0.134. The molecular weight excluding hydrogens is 344 g/mol. The summed E-state index contributed by atoms with van der Waals surface area (Å²) in [4.78, 5) is 27.1. The number of aromatic nitrogens is 1. The average molecular weight is 374 g/mol. The molecule has 27 heavy (non-hydrogen) atoms. The second kappa shape index (κ2) is 8.00. The first kappa shape index (κ1) is 18.5. The summed E-state index contributed by atoms with van der Waals surface area (Å²) in [6.45, 7) is 5.57. The number of nitrogens with one attached hydrogen (secondary N) is 2. The van der Waals surface area contributed by atoms with Gasteiger partial charge in [-0.2, -0.15) is 0 Å².